The smallest absolute Gasteiger partial charge is 0.295 e. The lowest BCUT2D eigenvalue weighted by Gasteiger charge is -2.12. The van der Waals surface area contributed by atoms with Crippen LogP contribution < -0.4 is 25.2 Å². The minimum Gasteiger partial charge on any atom is -0.493 e. The molecule has 3 aromatic rings. The molecule has 0 radical (unpaired) electrons. The van der Waals surface area contributed by atoms with Crippen molar-refractivity contribution in [3.8, 4) is 11.5 Å². The lowest BCUT2D eigenvalue weighted by molar-refractivity contribution is 0.0847. The summed E-state index contributed by atoms with van der Waals surface area (Å²) in [6.45, 7) is -0.159. The normalized spacial score (nSPS) is 10.3. The van der Waals surface area contributed by atoms with Crippen LogP contribution in [0, 0.1) is 5.82 Å². The lowest BCUT2D eigenvalue weighted by atomic mass is 10.2. The van der Waals surface area contributed by atoms with Gasteiger partial charge in [-0.1, -0.05) is 18.2 Å². The van der Waals surface area contributed by atoms with Crippen LogP contribution in [-0.4, -0.2) is 24.9 Å². The lowest BCUT2D eigenvalue weighted by Crippen LogP contribution is -2.32. The fourth-order valence-electron chi connectivity index (χ4n) is 2.62. The fraction of sp³-hybridized carbons (Fsp3) is 0.143. The minimum absolute atomic E-state index is 0.129. The number of aromatic nitrogens is 1. The van der Waals surface area contributed by atoms with E-state index >= 15 is 0 Å². The third-order valence-electron chi connectivity index (χ3n) is 4.12. The number of pyridine rings is 1. The van der Waals surface area contributed by atoms with Gasteiger partial charge in [-0.3, -0.25) is 9.59 Å². The Balaban J connectivity index is 1.77. The highest BCUT2D eigenvalue weighted by Crippen LogP contribution is 2.29. The van der Waals surface area contributed by atoms with Gasteiger partial charge in [-0.25, -0.2) is 4.39 Å². The zero-order valence-corrected chi connectivity index (χ0v) is 15.8. The number of amides is 1. The Labute approximate surface area is 166 Å². The van der Waals surface area contributed by atoms with Crippen molar-refractivity contribution in [1.82, 2.24) is 4.73 Å². The Morgan fingerprint density at radius 1 is 1.03 bits per heavy atom. The van der Waals surface area contributed by atoms with E-state index in [1.54, 1.807) is 36.4 Å². The van der Waals surface area contributed by atoms with E-state index in [4.69, 9.17) is 14.3 Å². The Kier molecular flexibility index (Phi) is 6.13. The van der Waals surface area contributed by atoms with Gasteiger partial charge in [-0.05, 0) is 30.3 Å². The van der Waals surface area contributed by atoms with Crippen LogP contribution in [0.1, 0.15) is 15.9 Å². The number of hydrogen-bond donors (Lipinski definition) is 1. The van der Waals surface area contributed by atoms with E-state index in [2.05, 4.69) is 5.32 Å². The molecule has 2 aromatic carbocycles. The maximum atomic E-state index is 13.7. The average Bonchev–Trinajstić information content (AvgIpc) is 2.73. The first kappa shape index (κ1) is 19.9. The maximum Gasteiger partial charge on any atom is 0.295 e. The molecule has 0 aliphatic heterocycles. The van der Waals surface area contributed by atoms with Crippen molar-refractivity contribution in [2.75, 3.05) is 19.5 Å². The monoisotopic (exact) mass is 398 g/mol. The molecule has 1 aromatic heterocycles. The second-order valence-electron chi connectivity index (χ2n) is 5.94. The summed E-state index contributed by atoms with van der Waals surface area (Å²) in [5, 5.41) is 2.63. The van der Waals surface area contributed by atoms with E-state index in [9.17, 15) is 14.0 Å². The molecule has 0 bridgehead atoms. The van der Waals surface area contributed by atoms with E-state index in [1.165, 1.54) is 38.6 Å². The third kappa shape index (κ3) is 4.55. The quantitative estimate of drug-likeness (QED) is 0.662. The van der Waals surface area contributed by atoms with Crippen molar-refractivity contribution in [1.29, 1.82) is 0 Å². The fourth-order valence-corrected chi connectivity index (χ4v) is 2.62. The topological polar surface area (TPSA) is 78.8 Å². The molecule has 8 heteroatoms. The van der Waals surface area contributed by atoms with E-state index in [-0.39, 0.29) is 12.2 Å². The Morgan fingerprint density at radius 3 is 2.52 bits per heavy atom. The number of rotatable bonds is 7. The molecule has 1 heterocycles. The number of nitrogens with one attached hydrogen (secondary N) is 1. The molecule has 3 rings (SSSR count). The third-order valence-corrected chi connectivity index (χ3v) is 4.12. The number of anilines is 1. The summed E-state index contributed by atoms with van der Waals surface area (Å²) in [7, 11) is 2.98. The zero-order chi connectivity index (χ0) is 20.8. The van der Waals surface area contributed by atoms with Crippen LogP contribution in [0.15, 0.2) is 65.6 Å². The largest absolute Gasteiger partial charge is 0.493 e. The molecule has 150 valence electrons. The van der Waals surface area contributed by atoms with Crippen LogP contribution in [0.2, 0.25) is 0 Å². The van der Waals surface area contributed by atoms with Gasteiger partial charge in [0, 0.05) is 23.5 Å². The molecular formula is C21H19FN2O5. The summed E-state index contributed by atoms with van der Waals surface area (Å²) in [6.07, 6.45) is 1.36. The maximum absolute atomic E-state index is 13.7. The average molecular weight is 398 g/mol. The van der Waals surface area contributed by atoms with Crippen molar-refractivity contribution in [2.45, 2.75) is 6.61 Å². The van der Waals surface area contributed by atoms with Gasteiger partial charge in [0.15, 0.2) is 11.5 Å². The van der Waals surface area contributed by atoms with Crippen molar-refractivity contribution in [3.05, 3.63) is 88.1 Å². The molecule has 1 N–H and O–H groups in total. The second-order valence-corrected chi connectivity index (χ2v) is 5.94. The van der Waals surface area contributed by atoms with Crippen molar-refractivity contribution in [3.63, 3.8) is 0 Å². The molecule has 1 amide bonds. The van der Waals surface area contributed by atoms with Gasteiger partial charge < -0.3 is 19.6 Å². The molecule has 7 nitrogen and oxygen atoms in total. The highest BCUT2D eigenvalue weighted by molar-refractivity contribution is 6.04. The number of hydrogen-bond acceptors (Lipinski definition) is 5. The Morgan fingerprint density at radius 2 is 1.79 bits per heavy atom. The van der Waals surface area contributed by atoms with Gasteiger partial charge in [0.25, 0.3) is 11.5 Å². The Bertz CT molecular complexity index is 1080. The molecule has 0 saturated heterocycles. The molecule has 0 spiro atoms. The number of ether oxygens (including phenoxy) is 2. The predicted octanol–water partition coefficient (Wildman–Crippen LogP) is 2.89. The SMILES string of the molecule is COc1ccc(NC(=O)c2cccn(OCc3ccccc3F)c2=O)cc1OC. The molecule has 0 unspecified atom stereocenters. The summed E-state index contributed by atoms with van der Waals surface area (Å²) in [5.41, 5.74) is -0.0769. The van der Waals surface area contributed by atoms with Crippen LogP contribution >= 0.6 is 0 Å². The highest BCUT2D eigenvalue weighted by Gasteiger charge is 2.15. The highest BCUT2D eigenvalue weighted by atomic mass is 19.1. The number of nitrogens with zero attached hydrogens (tertiary/aromatic N) is 1. The number of methoxy groups -OCH3 is 2. The summed E-state index contributed by atoms with van der Waals surface area (Å²) < 4.78 is 25.0. The summed E-state index contributed by atoms with van der Waals surface area (Å²) in [5.74, 6) is -0.118. The number of carbonyl (C=O) groups excluding carboxylic acids is 1. The zero-order valence-electron chi connectivity index (χ0n) is 15.8. The molecular weight excluding hydrogens is 379 g/mol. The standard InChI is InChI=1S/C21H19FN2O5/c1-27-18-10-9-15(12-19(18)28-2)23-20(25)16-7-5-11-24(21(16)26)29-13-14-6-3-4-8-17(14)22/h3-12H,13H2,1-2H3,(H,23,25). The molecule has 0 fully saturated rings. The van der Waals surface area contributed by atoms with Crippen molar-refractivity contribution < 1.29 is 23.5 Å². The molecule has 0 aliphatic carbocycles. The summed E-state index contributed by atoms with van der Waals surface area (Å²) >= 11 is 0. The van der Waals surface area contributed by atoms with Gasteiger partial charge in [-0.15, -0.1) is 0 Å². The van der Waals surface area contributed by atoms with Crippen molar-refractivity contribution in [2.24, 2.45) is 0 Å². The first-order chi connectivity index (χ1) is 14.0. The van der Waals surface area contributed by atoms with Crippen LogP contribution in [0.4, 0.5) is 10.1 Å². The van der Waals surface area contributed by atoms with E-state index < -0.39 is 17.3 Å². The first-order valence-corrected chi connectivity index (χ1v) is 8.65. The van der Waals surface area contributed by atoms with E-state index in [0.29, 0.717) is 22.7 Å². The van der Waals surface area contributed by atoms with Crippen LogP contribution in [0.5, 0.6) is 11.5 Å². The minimum atomic E-state index is -0.665. The molecule has 0 atom stereocenters. The second kappa shape index (κ2) is 8.92. The van der Waals surface area contributed by atoms with Crippen molar-refractivity contribution >= 4 is 11.6 Å². The van der Waals surface area contributed by atoms with Gasteiger partial charge in [0.2, 0.25) is 0 Å². The first-order valence-electron chi connectivity index (χ1n) is 8.65. The number of halogens is 1. The molecule has 0 saturated carbocycles. The summed E-state index contributed by atoms with van der Waals surface area (Å²) in [6, 6.07) is 13.8. The van der Waals surface area contributed by atoms with Crippen LogP contribution in [0.3, 0.4) is 0 Å². The van der Waals surface area contributed by atoms with Crippen LogP contribution in [-0.2, 0) is 6.61 Å². The van der Waals surface area contributed by atoms with E-state index in [0.717, 1.165) is 4.73 Å². The van der Waals surface area contributed by atoms with Gasteiger partial charge in [-0.2, -0.15) is 4.73 Å². The summed E-state index contributed by atoms with van der Waals surface area (Å²) in [4.78, 5) is 30.5. The Hall–Kier alpha value is -3.81. The van der Waals surface area contributed by atoms with Gasteiger partial charge >= 0.3 is 0 Å². The molecule has 0 aliphatic rings. The predicted molar refractivity (Wildman–Crippen MR) is 105 cm³/mol. The number of carbonyl (C=O) groups is 1. The van der Waals surface area contributed by atoms with Crippen LogP contribution in [0.25, 0.3) is 0 Å². The molecule has 29 heavy (non-hydrogen) atoms. The van der Waals surface area contributed by atoms with Gasteiger partial charge in [0.1, 0.15) is 18.0 Å². The number of benzene rings is 2. The van der Waals surface area contributed by atoms with Gasteiger partial charge in [0.05, 0.1) is 14.2 Å². The van der Waals surface area contributed by atoms with E-state index in [1.807, 2.05) is 0 Å².